The second-order valence-electron chi connectivity index (χ2n) is 3.44. The van der Waals surface area contributed by atoms with Crippen molar-refractivity contribution in [3.8, 4) is 0 Å². The Hall–Kier alpha value is -0.610. The maximum Gasteiger partial charge on any atom is 0.101 e. The summed E-state index contributed by atoms with van der Waals surface area (Å²) in [5, 5.41) is 8.17. The average molecular weight is 232 g/mol. The van der Waals surface area contributed by atoms with Crippen LogP contribution in [0.1, 0.15) is 31.2 Å². The SMILES string of the molecule is CCCCn1nnc(CCl)c1CCOC. The van der Waals surface area contributed by atoms with Gasteiger partial charge in [-0.2, -0.15) is 0 Å². The molecule has 0 amide bonds. The molecule has 5 heteroatoms. The van der Waals surface area contributed by atoms with E-state index in [1.807, 2.05) is 4.68 Å². The normalized spacial score (nSPS) is 10.9. The molecule has 0 aliphatic heterocycles. The summed E-state index contributed by atoms with van der Waals surface area (Å²) < 4.78 is 7.01. The Bertz CT molecular complexity index is 288. The van der Waals surface area contributed by atoms with Crippen molar-refractivity contribution in [2.75, 3.05) is 13.7 Å². The minimum Gasteiger partial charge on any atom is -0.384 e. The van der Waals surface area contributed by atoms with Gasteiger partial charge in [-0.05, 0) is 6.42 Å². The van der Waals surface area contributed by atoms with Gasteiger partial charge in [-0.3, -0.25) is 0 Å². The lowest BCUT2D eigenvalue weighted by Gasteiger charge is -2.05. The summed E-state index contributed by atoms with van der Waals surface area (Å²) in [6.07, 6.45) is 3.10. The van der Waals surface area contributed by atoms with Gasteiger partial charge >= 0.3 is 0 Å². The molecule has 0 bridgehead atoms. The zero-order chi connectivity index (χ0) is 11.1. The maximum absolute atomic E-state index is 5.80. The molecule has 0 atom stereocenters. The fraction of sp³-hybridized carbons (Fsp3) is 0.800. The zero-order valence-corrected chi connectivity index (χ0v) is 10.1. The van der Waals surface area contributed by atoms with E-state index in [-0.39, 0.29) is 0 Å². The molecule has 1 rings (SSSR count). The Morgan fingerprint density at radius 3 is 2.87 bits per heavy atom. The highest BCUT2D eigenvalue weighted by Crippen LogP contribution is 2.10. The topological polar surface area (TPSA) is 39.9 Å². The number of alkyl halides is 1. The molecule has 1 aromatic heterocycles. The number of hydrogen-bond donors (Lipinski definition) is 0. The zero-order valence-electron chi connectivity index (χ0n) is 9.37. The predicted molar refractivity (Wildman–Crippen MR) is 60.1 cm³/mol. The number of methoxy groups -OCH3 is 1. The number of halogens is 1. The van der Waals surface area contributed by atoms with Gasteiger partial charge in [0.05, 0.1) is 18.2 Å². The van der Waals surface area contributed by atoms with Gasteiger partial charge in [-0.25, -0.2) is 4.68 Å². The highest BCUT2D eigenvalue weighted by Gasteiger charge is 2.10. The Morgan fingerprint density at radius 1 is 1.47 bits per heavy atom. The number of nitrogens with zero attached hydrogens (tertiary/aromatic N) is 3. The summed E-state index contributed by atoms with van der Waals surface area (Å²) >= 11 is 5.80. The highest BCUT2D eigenvalue weighted by atomic mass is 35.5. The summed E-state index contributed by atoms with van der Waals surface area (Å²) in [5.74, 6) is 0.422. The lowest BCUT2D eigenvalue weighted by atomic mass is 10.2. The van der Waals surface area contributed by atoms with E-state index in [0.717, 1.165) is 37.2 Å². The molecule has 0 aliphatic rings. The third-order valence-electron chi connectivity index (χ3n) is 2.31. The number of unbranched alkanes of at least 4 members (excludes halogenated alkanes) is 1. The van der Waals surface area contributed by atoms with E-state index in [1.165, 1.54) is 0 Å². The molecule has 86 valence electrons. The summed E-state index contributed by atoms with van der Waals surface area (Å²) in [4.78, 5) is 0. The molecule has 15 heavy (non-hydrogen) atoms. The third kappa shape index (κ3) is 3.47. The van der Waals surface area contributed by atoms with Crippen LogP contribution in [0.2, 0.25) is 0 Å². The van der Waals surface area contributed by atoms with Gasteiger partial charge in [-0.15, -0.1) is 16.7 Å². The van der Waals surface area contributed by atoms with Gasteiger partial charge in [0.15, 0.2) is 0 Å². The highest BCUT2D eigenvalue weighted by molar-refractivity contribution is 6.16. The Labute approximate surface area is 95.6 Å². The van der Waals surface area contributed by atoms with Crippen LogP contribution in [0.4, 0.5) is 0 Å². The summed E-state index contributed by atoms with van der Waals surface area (Å²) in [5.41, 5.74) is 1.99. The van der Waals surface area contributed by atoms with Crippen LogP contribution in [0.3, 0.4) is 0 Å². The first kappa shape index (κ1) is 12.5. The summed E-state index contributed by atoms with van der Waals surface area (Å²) in [6.45, 7) is 3.76. The molecule has 0 radical (unpaired) electrons. The number of aromatic nitrogens is 3. The number of aryl methyl sites for hydroxylation is 1. The Kier molecular flexibility index (Phi) is 5.65. The van der Waals surface area contributed by atoms with Crippen molar-refractivity contribution in [2.45, 2.75) is 38.6 Å². The first-order valence-corrected chi connectivity index (χ1v) is 5.83. The molecule has 0 unspecified atom stereocenters. The van der Waals surface area contributed by atoms with Gasteiger partial charge in [0.1, 0.15) is 5.69 Å². The molecule has 4 nitrogen and oxygen atoms in total. The number of rotatable bonds is 7. The Balaban J connectivity index is 2.70. The van der Waals surface area contributed by atoms with E-state index >= 15 is 0 Å². The van der Waals surface area contributed by atoms with Crippen LogP contribution in [0.15, 0.2) is 0 Å². The summed E-state index contributed by atoms with van der Waals surface area (Å²) in [7, 11) is 1.69. The molecule has 0 N–H and O–H groups in total. The average Bonchev–Trinajstić information content (AvgIpc) is 2.65. The summed E-state index contributed by atoms with van der Waals surface area (Å²) in [6, 6.07) is 0. The van der Waals surface area contributed by atoms with Crippen LogP contribution in [0, 0.1) is 0 Å². The largest absolute Gasteiger partial charge is 0.384 e. The first-order chi connectivity index (χ1) is 7.33. The molecule has 0 spiro atoms. The number of hydrogen-bond acceptors (Lipinski definition) is 3. The minimum absolute atomic E-state index is 0.422. The molecular weight excluding hydrogens is 214 g/mol. The van der Waals surface area contributed by atoms with Crippen LogP contribution in [0.5, 0.6) is 0 Å². The van der Waals surface area contributed by atoms with Crippen molar-refractivity contribution in [3.05, 3.63) is 11.4 Å². The van der Waals surface area contributed by atoms with E-state index < -0.39 is 0 Å². The van der Waals surface area contributed by atoms with Crippen LogP contribution in [-0.2, 0) is 23.6 Å². The van der Waals surface area contributed by atoms with Gasteiger partial charge in [-0.1, -0.05) is 18.6 Å². The van der Waals surface area contributed by atoms with Crippen LogP contribution < -0.4 is 0 Å². The lowest BCUT2D eigenvalue weighted by Crippen LogP contribution is -2.08. The van der Waals surface area contributed by atoms with E-state index in [2.05, 4.69) is 17.2 Å². The predicted octanol–water partition coefficient (Wildman–Crippen LogP) is 2.01. The Morgan fingerprint density at radius 2 is 2.27 bits per heavy atom. The quantitative estimate of drug-likeness (QED) is 0.674. The van der Waals surface area contributed by atoms with E-state index in [1.54, 1.807) is 7.11 Å². The second-order valence-corrected chi connectivity index (χ2v) is 3.70. The number of ether oxygens (including phenoxy) is 1. The fourth-order valence-corrected chi connectivity index (χ4v) is 1.64. The lowest BCUT2D eigenvalue weighted by molar-refractivity contribution is 0.200. The van der Waals surface area contributed by atoms with Gasteiger partial charge in [0.25, 0.3) is 0 Å². The van der Waals surface area contributed by atoms with Crippen LogP contribution in [0.25, 0.3) is 0 Å². The van der Waals surface area contributed by atoms with Crippen LogP contribution in [-0.4, -0.2) is 28.7 Å². The maximum atomic E-state index is 5.80. The van der Waals surface area contributed by atoms with Crippen molar-refractivity contribution >= 4 is 11.6 Å². The molecule has 0 aliphatic carbocycles. The van der Waals surface area contributed by atoms with Crippen molar-refractivity contribution in [1.29, 1.82) is 0 Å². The third-order valence-corrected chi connectivity index (χ3v) is 2.56. The molecule has 1 aromatic rings. The van der Waals surface area contributed by atoms with Gasteiger partial charge in [0, 0.05) is 20.1 Å². The minimum atomic E-state index is 0.422. The monoisotopic (exact) mass is 231 g/mol. The van der Waals surface area contributed by atoms with Crippen molar-refractivity contribution in [2.24, 2.45) is 0 Å². The molecular formula is C10H18ClN3O. The molecule has 0 saturated heterocycles. The molecule has 0 saturated carbocycles. The smallest absolute Gasteiger partial charge is 0.101 e. The van der Waals surface area contributed by atoms with Gasteiger partial charge < -0.3 is 4.74 Å². The van der Waals surface area contributed by atoms with Crippen molar-refractivity contribution < 1.29 is 4.74 Å². The van der Waals surface area contributed by atoms with Crippen molar-refractivity contribution in [3.63, 3.8) is 0 Å². The van der Waals surface area contributed by atoms with E-state index in [4.69, 9.17) is 16.3 Å². The van der Waals surface area contributed by atoms with Gasteiger partial charge in [0.2, 0.25) is 0 Å². The van der Waals surface area contributed by atoms with Crippen molar-refractivity contribution in [1.82, 2.24) is 15.0 Å². The molecule has 0 aromatic carbocycles. The standard InChI is InChI=1S/C10H18ClN3O/c1-3-4-6-14-10(5-7-15-2)9(8-11)12-13-14/h3-8H2,1-2H3. The second kappa shape index (κ2) is 6.80. The van der Waals surface area contributed by atoms with E-state index in [9.17, 15) is 0 Å². The van der Waals surface area contributed by atoms with E-state index in [0.29, 0.717) is 12.5 Å². The van der Waals surface area contributed by atoms with Crippen LogP contribution >= 0.6 is 11.6 Å². The molecule has 1 heterocycles. The first-order valence-electron chi connectivity index (χ1n) is 5.29. The fourth-order valence-electron chi connectivity index (χ4n) is 1.43. The molecule has 0 fully saturated rings.